The van der Waals surface area contributed by atoms with E-state index in [0.29, 0.717) is 6.61 Å². The van der Waals surface area contributed by atoms with Crippen LogP contribution in [0.2, 0.25) is 0 Å². The first-order valence-electron chi connectivity index (χ1n) is 10.1. The molecule has 1 amide bonds. The SMILES string of the molecule is O=C1NCCCC12CCN(Cc1ccccc1OCc1cccc(F)c1)CC2. The number of nitrogens with zero attached hydrogens (tertiary/aromatic N) is 1. The molecule has 0 saturated carbocycles. The van der Waals surface area contributed by atoms with Gasteiger partial charge in [-0.3, -0.25) is 9.69 Å². The number of piperidine rings is 2. The van der Waals surface area contributed by atoms with Crippen LogP contribution in [0.25, 0.3) is 0 Å². The molecular formula is C23H27FN2O2. The smallest absolute Gasteiger partial charge is 0.226 e. The second-order valence-corrected chi connectivity index (χ2v) is 7.94. The van der Waals surface area contributed by atoms with Gasteiger partial charge in [0.15, 0.2) is 0 Å². The molecule has 0 aromatic heterocycles. The first-order valence-corrected chi connectivity index (χ1v) is 10.1. The summed E-state index contributed by atoms with van der Waals surface area (Å²) in [7, 11) is 0. The molecule has 4 rings (SSSR count). The van der Waals surface area contributed by atoms with Crippen LogP contribution >= 0.6 is 0 Å². The van der Waals surface area contributed by atoms with Crippen LogP contribution in [0.4, 0.5) is 4.39 Å². The van der Waals surface area contributed by atoms with Gasteiger partial charge >= 0.3 is 0 Å². The van der Waals surface area contributed by atoms with Gasteiger partial charge in [-0.15, -0.1) is 0 Å². The zero-order valence-corrected chi connectivity index (χ0v) is 16.1. The van der Waals surface area contributed by atoms with Crippen LogP contribution in [-0.2, 0) is 17.9 Å². The monoisotopic (exact) mass is 382 g/mol. The van der Waals surface area contributed by atoms with E-state index in [9.17, 15) is 9.18 Å². The van der Waals surface area contributed by atoms with Crippen molar-refractivity contribution in [2.45, 2.75) is 38.8 Å². The lowest BCUT2D eigenvalue weighted by Gasteiger charge is -2.43. The van der Waals surface area contributed by atoms with Gasteiger partial charge in [0, 0.05) is 18.7 Å². The van der Waals surface area contributed by atoms with Crippen molar-refractivity contribution in [3.05, 3.63) is 65.5 Å². The third-order valence-corrected chi connectivity index (χ3v) is 6.06. The van der Waals surface area contributed by atoms with E-state index in [1.54, 1.807) is 6.07 Å². The molecular weight excluding hydrogens is 355 g/mol. The number of para-hydroxylation sites is 1. The summed E-state index contributed by atoms with van der Waals surface area (Å²) in [6.07, 6.45) is 3.94. The first-order chi connectivity index (χ1) is 13.6. The number of rotatable bonds is 5. The average molecular weight is 382 g/mol. The summed E-state index contributed by atoms with van der Waals surface area (Å²) in [6.45, 7) is 3.81. The zero-order chi connectivity index (χ0) is 19.4. The molecule has 2 fully saturated rings. The van der Waals surface area contributed by atoms with Gasteiger partial charge < -0.3 is 10.1 Å². The molecule has 0 aliphatic carbocycles. The number of hydrogen-bond acceptors (Lipinski definition) is 3. The number of benzene rings is 2. The maximum absolute atomic E-state index is 13.4. The Morgan fingerprint density at radius 1 is 1.07 bits per heavy atom. The van der Waals surface area contributed by atoms with E-state index in [0.717, 1.165) is 68.7 Å². The number of carbonyl (C=O) groups is 1. The number of nitrogens with one attached hydrogen (secondary N) is 1. The van der Waals surface area contributed by atoms with Crippen molar-refractivity contribution < 1.29 is 13.9 Å². The highest BCUT2D eigenvalue weighted by atomic mass is 19.1. The predicted molar refractivity (Wildman–Crippen MR) is 106 cm³/mol. The standard InChI is InChI=1S/C23H27FN2O2/c24-20-7-3-5-18(15-20)17-28-21-8-2-1-6-19(21)16-26-13-10-23(11-14-26)9-4-12-25-22(23)27/h1-3,5-8,15H,4,9-14,16-17H2,(H,25,27). The second-order valence-electron chi connectivity index (χ2n) is 7.94. The number of carbonyl (C=O) groups excluding carboxylic acids is 1. The van der Waals surface area contributed by atoms with Crippen molar-refractivity contribution in [1.29, 1.82) is 0 Å². The van der Waals surface area contributed by atoms with Crippen LogP contribution in [-0.4, -0.2) is 30.4 Å². The van der Waals surface area contributed by atoms with Gasteiger partial charge in [-0.2, -0.15) is 0 Å². The molecule has 2 aromatic rings. The topological polar surface area (TPSA) is 41.6 Å². The molecule has 0 bridgehead atoms. The molecule has 0 atom stereocenters. The fourth-order valence-electron chi connectivity index (χ4n) is 4.35. The molecule has 1 N–H and O–H groups in total. The Kier molecular flexibility index (Phi) is 5.62. The number of likely N-dealkylation sites (tertiary alicyclic amines) is 1. The quantitative estimate of drug-likeness (QED) is 0.853. The van der Waals surface area contributed by atoms with Crippen molar-refractivity contribution in [1.82, 2.24) is 10.2 Å². The van der Waals surface area contributed by atoms with Crippen LogP contribution < -0.4 is 10.1 Å². The molecule has 0 radical (unpaired) electrons. The Labute approximate surface area is 165 Å². The van der Waals surface area contributed by atoms with Crippen molar-refractivity contribution >= 4 is 5.91 Å². The Bertz CT molecular complexity index is 831. The van der Waals surface area contributed by atoms with Gasteiger partial charge in [-0.25, -0.2) is 4.39 Å². The summed E-state index contributed by atoms with van der Waals surface area (Å²) in [5.74, 6) is 0.836. The van der Waals surface area contributed by atoms with Crippen LogP contribution in [0.1, 0.15) is 36.8 Å². The van der Waals surface area contributed by atoms with Crippen molar-refractivity contribution in [3.8, 4) is 5.75 Å². The fourth-order valence-corrected chi connectivity index (χ4v) is 4.35. The van der Waals surface area contributed by atoms with E-state index < -0.39 is 0 Å². The number of halogens is 1. The summed E-state index contributed by atoms with van der Waals surface area (Å²) in [6, 6.07) is 14.5. The lowest BCUT2D eigenvalue weighted by atomic mass is 9.72. The largest absolute Gasteiger partial charge is 0.489 e. The van der Waals surface area contributed by atoms with E-state index >= 15 is 0 Å². The molecule has 0 unspecified atom stereocenters. The third kappa shape index (κ3) is 4.20. The molecule has 2 saturated heterocycles. The first kappa shape index (κ1) is 18.9. The summed E-state index contributed by atoms with van der Waals surface area (Å²) in [5, 5.41) is 3.05. The Balaban J connectivity index is 1.37. The Hall–Kier alpha value is -2.40. The highest BCUT2D eigenvalue weighted by Crippen LogP contribution is 2.38. The van der Waals surface area contributed by atoms with Gasteiger partial charge in [0.1, 0.15) is 18.2 Å². The van der Waals surface area contributed by atoms with Crippen LogP contribution in [0.5, 0.6) is 5.75 Å². The molecule has 2 aliphatic rings. The Morgan fingerprint density at radius 3 is 2.68 bits per heavy atom. The van der Waals surface area contributed by atoms with Gasteiger partial charge in [0.25, 0.3) is 0 Å². The van der Waals surface area contributed by atoms with Crippen molar-refractivity contribution in [2.75, 3.05) is 19.6 Å². The van der Waals surface area contributed by atoms with E-state index in [2.05, 4.69) is 16.3 Å². The van der Waals surface area contributed by atoms with Crippen LogP contribution in [0, 0.1) is 11.2 Å². The van der Waals surface area contributed by atoms with E-state index in [1.165, 1.54) is 12.1 Å². The lowest BCUT2D eigenvalue weighted by Crippen LogP contribution is -2.51. The van der Waals surface area contributed by atoms with E-state index in [4.69, 9.17) is 4.74 Å². The minimum atomic E-state index is -0.247. The molecule has 28 heavy (non-hydrogen) atoms. The maximum Gasteiger partial charge on any atom is 0.226 e. The highest BCUT2D eigenvalue weighted by molar-refractivity contribution is 5.83. The number of ether oxygens (including phenoxy) is 1. The minimum Gasteiger partial charge on any atom is -0.489 e. The summed E-state index contributed by atoms with van der Waals surface area (Å²) >= 11 is 0. The predicted octanol–water partition coefficient (Wildman–Crippen LogP) is 3.90. The number of amides is 1. The fraction of sp³-hybridized carbons (Fsp3) is 0.435. The normalized spacial score (nSPS) is 19.4. The van der Waals surface area contributed by atoms with Crippen LogP contribution in [0.15, 0.2) is 48.5 Å². The molecule has 1 spiro atoms. The summed E-state index contributed by atoms with van der Waals surface area (Å²) in [4.78, 5) is 14.8. The Morgan fingerprint density at radius 2 is 1.89 bits per heavy atom. The molecule has 4 nitrogen and oxygen atoms in total. The third-order valence-electron chi connectivity index (χ3n) is 6.06. The highest BCUT2D eigenvalue weighted by Gasteiger charge is 2.42. The number of hydrogen-bond donors (Lipinski definition) is 1. The van der Waals surface area contributed by atoms with Crippen LogP contribution in [0.3, 0.4) is 0 Å². The molecule has 2 heterocycles. The summed E-state index contributed by atoms with van der Waals surface area (Å²) in [5.41, 5.74) is 1.79. The lowest BCUT2D eigenvalue weighted by molar-refractivity contribution is -0.136. The zero-order valence-electron chi connectivity index (χ0n) is 16.1. The molecule has 2 aliphatic heterocycles. The molecule has 5 heteroatoms. The maximum atomic E-state index is 13.4. The van der Waals surface area contributed by atoms with Gasteiger partial charge in [-0.05, 0) is 62.5 Å². The van der Waals surface area contributed by atoms with E-state index in [-0.39, 0.29) is 17.1 Å². The van der Waals surface area contributed by atoms with Gasteiger partial charge in [0.2, 0.25) is 5.91 Å². The van der Waals surface area contributed by atoms with Gasteiger partial charge in [-0.1, -0.05) is 30.3 Å². The van der Waals surface area contributed by atoms with Gasteiger partial charge in [0.05, 0.1) is 5.41 Å². The second kappa shape index (κ2) is 8.31. The van der Waals surface area contributed by atoms with E-state index in [1.807, 2.05) is 24.3 Å². The summed E-state index contributed by atoms with van der Waals surface area (Å²) < 4.78 is 19.4. The minimum absolute atomic E-state index is 0.151. The van der Waals surface area contributed by atoms with Crippen molar-refractivity contribution in [3.63, 3.8) is 0 Å². The molecule has 2 aromatic carbocycles. The van der Waals surface area contributed by atoms with Crippen molar-refractivity contribution in [2.24, 2.45) is 5.41 Å². The molecule has 148 valence electrons. The average Bonchev–Trinajstić information content (AvgIpc) is 2.71.